The first-order valence-corrected chi connectivity index (χ1v) is 11.3. The number of Topliss-reactive ketones (excluding diaryl/α,β-unsaturated/α-hetero) is 1. The zero-order valence-corrected chi connectivity index (χ0v) is 17.9. The standard InChI is InChI=1S/C27H30N2O/c1-17-25(19-11-7-9-14-22(19)28-17)27(21-13-5-3-4-6-16-24(21)30)26-18(2)29-23-15-10-8-12-20(23)26/h7-12,14-15,21,27-29H,3-6,13,16H2,1-2H3. The van der Waals surface area contributed by atoms with E-state index >= 15 is 0 Å². The van der Waals surface area contributed by atoms with Gasteiger partial charge in [-0.05, 0) is 49.9 Å². The molecule has 2 N–H and O–H groups in total. The van der Waals surface area contributed by atoms with E-state index in [0.29, 0.717) is 12.2 Å². The molecule has 154 valence electrons. The van der Waals surface area contributed by atoms with Crippen molar-refractivity contribution >= 4 is 27.6 Å². The molecule has 0 radical (unpaired) electrons. The summed E-state index contributed by atoms with van der Waals surface area (Å²) < 4.78 is 0. The van der Waals surface area contributed by atoms with Gasteiger partial charge < -0.3 is 9.97 Å². The van der Waals surface area contributed by atoms with Crippen LogP contribution < -0.4 is 0 Å². The van der Waals surface area contributed by atoms with Crippen LogP contribution in [-0.4, -0.2) is 15.8 Å². The van der Waals surface area contributed by atoms with E-state index < -0.39 is 0 Å². The van der Waals surface area contributed by atoms with Gasteiger partial charge in [0.2, 0.25) is 0 Å². The van der Waals surface area contributed by atoms with Gasteiger partial charge in [-0.3, -0.25) is 4.79 Å². The fourth-order valence-corrected chi connectivity index (χ4v) is 5.66. The molecule has 30 heavy (non-hydrogen) atoms. The van der Waals surface area contributed by atoms with Crippen molar-refractivity contribution in [3.05, 3.63) is 71.0 Å². The molecule has 1 atom stereocenters. The van der Waals surface area contributed by atoms with Crippen LogP contribution in [0, 0.1) is 19.8 Å². The lowest BCUT2D eigenvalue weighted by atomic mass is 9.72. The van der Waals surface area contributed by atoms with E-state index in [1.165, 1.54) is 46.1 Å². The fourth-order valence-electron chi connectivity index (χ4n) is 5.66. The lowest BCUT2D eigenvalue weighted by molar-refractivity contribution is -0.124. The molecule has 3 nitrogen and oxygen atoms in total. The summed E-state index contributed by atoms with van der Waals surface area (Å²) in [5.74, 6) is 0.540. The highest BCUT2D eigenvalue weighted by Crippen LogP contribution is 2.45. The van der Waals surface area contributed by atoms with Gasteiger partial charge in [-0.1, -0.05) is 55.7 Å². The van der Waals surface area contributed by atoms with Crippen molar-refractivity contribution in [2.24, 2.45) is 5.92 Å². The molecule has 1 unspecified atom stereocenters. The number of aromatic nitrogens is 2. The molecule has 1 fully saturated rings. The Bertz CT molecular complexity index is 1130. The molecule has 1 aliphatic carbocycles. The Morgan fingerprint density at radius 1 is 0.767 bits per heavy atom. The Kier molecular flexibility index (Phi) is 4.98. The topological polar surface area (TPSA) is 48.6 Å². The molecule has 2 heterocycles. The van der Waals surface area contributed by atoms with Crippen LogP contribution in [0.5, 0.6) is 0 Å². The maximum absolute atomic E-state index is 13.5. The van der Waals surface area contributed by atoms with Crippen LogP contribution in [0.2, 0.25) is 0 Å². The number of nitrogens with one attached hydrogen (secondary N) is 2. The van der Waals surface area contributed by atoms with Crippen molar-refractivity contribution in [1.82, 2.24) is 9.97 Å². The van der Waals surface area contributed by atoms with E-state index in [1.54, 1.807) is 0 Å². The number of aryl methyl sites for hydroxylation is 2. The van der Waals surface area contributed by atoms with Crippen LogP contribution in [0.15, 0.2) is 48.5 Å². The maximum Gasteiger partial charge on any atom is 0.136 e. The van der Waals surface area contributed by atoms with Crippen LogP contribution >= 0.6 is 0 Å². The van der Waals surface area contributed by atoms with Gasteiger partial charge in [-0.25, -0.2) is 0 Å². The summed E-state index contributed by atoms with van der Waals surface area (Å²) >= 11 is 0. The molecular weight excluding hydrogens is 368 g/mol. The van der Waals surface area contributed by atoms with Crippen LogP contribution in [0.3, 0.4) is 0 Å². The van der Waals surface area contributed by atoms with Gasteiger partial charge in [0.1, 0.15) is 5.78 Å². The molecule has 2 aromatic heterocycles. The average molecular weight is 399 g/mol. The second-order valence-corrected chi connectivity index (χ2v) is 8.92. The number of ketones is 1. The van der Waals surface area contributed by atoms with Gasteiger partial charge in [-0.2, -0.15) is 0 Å². The summed E-state index contributed by atoms with van der Waals surface area (Å²) in [5.41, 5.74) is 7.29. The zero-order valence-electron chi connectivity index (χ0n) is 17.9. The lowest BCUT2D eigenvalue weighted by Gasteiger charge is -2.29. The number of carbonyl (C=O) groups excluding carboxylic acids is 1. The van der Waals surface area contributed by atoms with Crippen molar-refractivity contribution in [3.8, 4) is 0 Å². The molecule has 0 bridgehead atoms. The van der Waals surface area contributed by atoms with Gasteiger partial charge in [0, 0.05) is 51.5 Å². The van der Waals surface area contributed by atoms with Crippen molar-refractivity contribution in [1.29, 1.82) is 0 Å². The first-order chi connectivity index (χ1) is 14.6. The highest BCUT2D eigenvalue weighted by Gasteiger charge is 2.36. The van der Waals surface area contributed by atoms with Crippen LogP contribution in [0.1, 0.15) is 67.0 Å². The third-order valence-corrected chi connectivity index (χ3v) is 7.01. The highest BCUT2D eigenvalue weighted by molar-refractivity contribution is 5.92. The minimum atomic E-state index is 0.0288. The number of H-pyrrole nitrogens is 2. The lowest BCUT2D eigenvalue weighted by Crippen LogP contribution is -2.25. The second-order valence-electron chi connectivity index (χ2n) is 8.92. The molecule has 0 spiro atoms. The Labute approximate surface area is 177 Å². The molecule has 0 aliphatic heterocycles. The highest BCUT2D eigenvalue weighted by atomic mass is 16.1. The van der Waals surface area contributed by atoms with Gasteiger partial charge in [-0.15, -0.1) is 0 Å². The summed E-state index contributed by atoms with van der Waals surface area (Å²) in [4.78, 5) is 20.7. The van der Waals surface area contributed by atoms with E-state index in [1.807, 2.05) is 0 Å². The molecule has 1 aliphatic rings. The van der Waals surface area contributed by atoms with E-state index in [9.17, 15) is 4.79 Å². The van der Waals surface area contributed by atoms with Crippen molar-refractivity contribution in [2.75, 3.05) is 0 Å². The number of hydrogen-bond donors (Lipinski definition) is 2. The second kappa shape index (κ2) is 7.79. The minimum Gasteiger partial charge on any atom is -0.358 e. The number of carbonyl (C=O) groups is 1. The number of para-hydroxylation sites is 2. The van der Waals surface area contributed by atoms with Crippen molar-refractivity contribution < 1.29 is 4.79 Å². The summed E-state index contributed by atoms with van der Waals surface area (Å²) in [6.45, 7) is 4.33. The van der Waals surface area contributed by atoms with E-state index in [0.717, 1.165) is 30.3 Å². The summed E-state index contributed by atoms with van der Waals surface area (Å²) in [5, 5.41) is 2.50. The molecule has 0 amide bonds. The minimum absolute atomic E-state index is 0.0288. The molecule has 4 aromatic rings. The summed E-state index contributed by atoms with van der Waals surface area (Å²) in [7, 11) is 0. The number of rotatable bonds is 3. The molecular formula is C27H30N2O. The van der Waals surface area contributed by atoms with Crippen LogP contribution in [0.4, 0.5) is 0 Å². The largest absolute Gasteiger partial charge is 0.358 e. The molecule has 0 saturated heterocycles. The molecule has 5 rings (SSSR count). The number of benzene rings is 2. The average Bonchev–Trinajstić information content (AvgIpc) is 3.23. The number of fused-ring (bicyclic) bond motifs is 2. The van der Waals surface area contributed by atoms with E-state index in [4.69, 9.17) is 0 Å². The normalized spacial score (nSPS) is 18.2. The summed E-state index contributed by atoms with van der Waals surface area (Å²) in [6, 6.07) is 17.1. The van der Waals surface area contributed by atoms with Gasteiger partial charge in [0.15, 0.2) is 0 Å². The first kappa shape index (κ1) is 19.2. The third-order valence-electron chi connectivity index (χ3n) is 7.01. The molecule has 3 heteroatoms. The van der Waals surface area contributed by atoms with E-state index in [2.05, 4.69) is 72.3 Å². The van der Waals surface area contributed by atoms with Crippen molar-refractivity contribution in [2.45, 2.75) is 58.3 Å². The van der Waals surface area contributed by atoms with Gasteiger partial charge in [0.25, 0.3) is 0 Å². The predicted octanol–water partition coefficient (Wildman–Crippen LogP) is 6.94. The zero-order chi connectivity index (χ0) is 20.7. The van der Waals surface area contributed by atoms with Gasteiger partial charge >= 0.3 is 0 Å². The summed E-state index contributed by atoms with van der Waals surface area (Å²) in [6.07, 6.45) is 6.26. The smallest absolute Gasteiger partial charge is 0.136 e. The predicted molar refractivity (Wildman–Crippen MR) is 124 cm³/mol. The monoisotopic (exact) mass is 398 g/mol. The van der Waals surface area contributed by atoms with Gasteiger partial charge in [0.05, 0.1) is 0 Å². The number of aromatic amines is 2. The Balaban J connectivity index is 1.78. The Hall–Kier alpha value is -2.81. The SMILES string of the molecule is Cc1[nH]c2ccccc2c1C(c1c(C)[nH]c2ccccc12)C1CCCCCCC1=O. The maximum atomic E-state index is 13.5. The Morgan fingerprint density at radius 2 is 1.30 bits per heavy atom. The Morgan fingerprint density at radius 3 is 1.90 bits per heavy atom. The van der Waals surface area contributed by atoms with Crippen LogP contribution in [-0.2, 0) is 4.79 Å². The third kappa shape index (κ3) is 3.17. The first-order valence-electron chi connectivity index (χ1n) is 11.3. The molecule has 1 saturated carbocycles. The van der Waals surface area contributed by atoms with E-state index in [-0.39, 0.29) is 11.8 Å². The van der Waals surface area contributed by atoms with Crippen molar-refractivity contribution in [3.63, 3.8) is 0 Å². The van der Waals surface area contributed by atoms with Crippen LogP contribution in [0.25, 0.3) is 21.8 Å². The fraction of sp³-hybridized carbons (Fsp3) is 0.370. The number of hydrogen-bond acceptors (Lipinski definition) is 1. The quantitative estimate of drug-likeness (QED) is 0.386. The molecule has 2 aromatic carbocycles.